The smallest absolute Gasteiger partial charge is 0.341 e. The third-order valence-corrected chi connectivity index (χ3v) is 4.26. The van der Waals surface area contributed by atoms with Gasteiger partial charge in [0.05, 0.1) is 18.4 Å². The zero-order valence-electron chi connectivity index (χ0n) is 15.0. The molecule has 1 heterocycles. The number of amides is 1. The molecule has 0 bridgehead atoms. The summed E-state index contributed by atoms with van der Waals surface area (Å²) >= 11 is 0. The molecule has 0 fully saturated rings. The summed E-state index contributed by atoms with van der Waals surface area (Å²) < 4.78 is 10.7. The Morgan fingerprint density at radius 2 is 1.68 bits per heavy atom. The molecular formula is C22H16N2O4. The molecule has 0 atom stereocenters. The van der Waals surface area contributed by atoms with E-state index in [0.717, 1.165) is 0 Å². The third-order valence-electron chi connectivity index (χ3n) is 4.26. The van der Waals surface area contributed by atoms with Gasteiger partial charge in [-0.15, -0.1) is 0 Å². The Morgan fingerprint density at radius 3 is 2.46 bits per heavy atom. The molecule has 1 amide bonds. The van der Waals surface area contributed by atoms with Crippen molar-refractivity contribution >= 4 is 28.7 Å². The molecule has 4 aromatic rings. The highest BCUT2D eigenvalue weighted by Crippen LogP contribution is 2.31. The lowest BCUT2D eigenvalue weighted by Crippen LogP contribution is -2.12. The number of para-hydroxylation sites is 2. The number of benzene rings is 3. The molecule has 0 saturated carbocycles. The van der Waals surface area contributed by atoms with E-state index in [4.69, 9.17) is 9.15 Å². The van der Waals surface area contributed by atoms with Crippen LogP contribution in [0.3, 0.4) is 0 Å². The second-order valence-corrected chi connectivity index (χ2v) is 6.03. The largest absolute Gasteiger partial charge is 0.465 e. The topological polar surface area (TPSA) is 81.4 Å². The fraction of sp³-hybridized carbons (Fsp3) is 0.0455. The van der Waals surface area contributed by atoms with Crippen molar-refractivity contribution in [2.75, 3.05) is 12.4 Å². The summed E-state index contributed by atoms with van der Waals surface area (Å²) in [7, 11) is 1.31. The molecule has 0 saturated heterocycles. The maximum absolute atomic E-state index is 12.5. The highest BCUT2D eigenvalue weighted by molar-refractivity contribution is 6.06. The first-order valence-electron chi connectivity index (χ1n) is 8.61. The van der Waals surface area contributed by atoms with Crippen molar-refractivity contribution in [3.8, 4) is 11.5 Å². The number of nitrogens with zero attached hydrogens (tertiary/aromatic N) is 1. The van der Waals surface area contributed by atoms with E-state index in [1.807, 2.05) is 18.2 Å². The van der Waals surface area contributed by atoms with E-state index in [1.165, 1.54) is 7.11 Å². The van der Waals surface area contributed by atoms with Gasteiger partial charge in [0.25, 0.3) is 5.91 Å². The summed E-state index contributed by atoms with van der Waals surface area (Å²) in [6.45, 7) is 0. The quantitative estimate of drug-likeness (QED) is 0.532. The van der Waals surface area contributed by atoms with Crippen molar-refractivity contribution < 1.29 is 18.7 Å². The number of esters is 1. The predicted octanol–water partition coefficient (Wildman–Crippen LogP) is 4.53. The molecule has 0 aliphatic rings. The Labute approximate surface area is 160 Å². The zero-order valence-corrected chi connectivity index (χ0v) is 15.0. The summed E-state index contributed by atoms with van der Waals surface area (Å²) in [6.07, 6.45) is 0. The van der Waals surface area contributed by atoms with E-state index < -0.39 is 5.97 Å². The van der Waals surface area contributed by atoms with Gasteiger partial charge in [-0.05, 0) is 36.4 Å². The van der Waals surface area contributed by atoms with Gasteiger partial charge < -0.3 is 14.5 Å². The van der Waals surface area contributed by atoms with Crippen molar-refractivity contribution in [2.45, 2.75) is 0 Å². The maximum Gasteiger partial charge on any atom is 0.341 e. The first-order valence-corrected chi connectivity index (χ1v) is 8.61. The fourth-order valence-corrected chi connectivity index (χ4v) is 2.90. The Bertz CT molecular complexity index is 1170. The van der Waals surface area contributed by atoms with Gasteiger partial charge in [0.15, 0.2) is 5.58 Å². The Hall–Kier alpha value is -3.93. The van der Waals surface area contributed by atoms with Crippen LogP contribution >= 0.6 is 0 Å². The molecule has 0 unspecified atom stereocenters. The molecule has 28 heavy (non-hydrogen) atoms. The van der Waals surface area contributed by atoms with E-state index in [2.05, 4.69) is 10.3 Å². The number of methoxy groups -OCH3 is 1. The number of nitrogens with one attached hydrogen (secondary N) is 1. The average Bonchev–Trinajstić information content (AvgIpc) is 3.18. The fourth-order valence-electron chi connectivity index (χ4n) is 2.90. The van der Waals surface area contributed by atoms with Gasteiger partial charge in [-0.1, -0.05) is 36.4 Å². The summed E-state index contributed by atoms with van der Waals surface area (Å²) in [5.41, 5.74) is 2.88. The summed E-state index contributed by atoms with van der Waals surface area (Å²) in [5, 5.41) is 2.89. The van der Waals surface area contributed by atoms with Crippen LogP contribution in [0.4, 0.5) is 5.69 Å². The first-order chi connectivity index (χ1) is 13.7. The summed E-state index contributed by atoms with van der Waals surface area (Å²) in [4.78, 5) is 29.0. The Kier molecular flexibility index (Phi) is 4.60. The highest BCUT2D eigenvalue weighted by Gasteiger charge is 2.19. The van der Waals surface area contributed by atoms with Crippen molar-refractivity contribution in [1.29, 1.82) is 0 Å². The Balaban J connectivity index is 1.74. The highest BCUT2D eigenvalue weighted by atomic mass is 16.5. The van der Waals surface area contributed by atoms with Gasteiger partial charge in [-0.25, -0.2) is 9.78 Å². The SMILES string of the molecule is COC(=O)c1cccc2nc(-c3ccccc3NC(=O)c3ccccc3)oc12. The number of rotatable bonds is 4. The lowest BCUT2D eigenvalue weighted by atomic mass is 10.1. The van der Waals surface area contributed by atoms with Crippen LogP contribution in [0.5, 0.6) is 0 Å². The number of carbonyl (C=O) groups is 2. The van der Waals surface area contributed by atoms with Crippen LogP contribution < -0.4 is 5.32 Å². The number of aromatic nitrogens is 1. The number of ether oxygens (including phenoxy) is 1. The molecule has 138 valence electrons. The van der Waals surface area contributed by atoms with Crippen LogP contribution in [0, 0.1) is 0 Å². The molecule has 0 aliphatic heterocycles. The minimum Gasteiger partial charge on any atom is -0.465 e. The van der Waals surface area contributed by atoms with Gasteiger partial charge >= 0.3 is 5.97 Å². The molecule has 4 rings (SSSR count). The molecule has 3 aromatic carbocycles. The van der Waals surface area contributed by atoms with Crippen molar-refractivity contribution in [2.24, 2.45) is 0 Å². The average molecular weight is 372 g/mol. The second kappa shape index (κ2) is 7.36. The lowest BCUT2D eigenvalue weighted by molar-refractivity contribution is 0.0601. The molecule has 0 radical (unpaired) electrons. The van der Waals surface area contributed by atoms with Crippen LogP contribution in [0.1, 0.15) is 20.7 Å². The van der Waals surface area contributed by atoms with Gasteiger partial charge in [0.2, 0.25) is 5.89 Å². The summed E-state index contributed by atoms with van der Waals surface area (Å²) in [6, 6.07) is 21.2. The molecule has 0 spiro atoms. The number of oxazole rings is 1. The third kappa shape index (κ3) is 3.23. The first kappa shape index (κ1) is 17.5. The van der Waals surface area contributed by atoms with Gasteiger partial charge in [0, 0.05) is 5.56 Å². The van der Waals surface area contributed by atoms with Crippen LogP contribution in [-0.2, 0) is 4.74 Å². The molecule has 0 aliphatic carbocycles. The standard InChI is InChI=1S/C22H16N2O4/c1-27-22(26)16-11-7-13-18-19(16)28-21(24-18)15-10-5-6-12-17(15)23-20(25)14-8-3-2-4-9-14/h2-13H,1H3,(H,23,25). The van der Waals surface area contributed by atoms with Gasteiger partial charge in [-0.2, -0.15) is 0 Å². The van der Waals surface area contributed by atoms with Crippen molar-refractivity contribution in [3.05, 3.63) is 83.9 Å². The molecule has 6 nitrogen and oxygen atoms in total. The number of carbonyl (C=O) groups excluding carboxylic acids is 2. The summed E-state index contributed by atoms with van der Waals surface area (Å²) in [5.74, 6) is -0.436. The number of hydrogen-bond acceptors (Lipinski definition) is 5. The van der Waals surface area contributed by atoms with E-state index >= 15 is 0 Å². The van der Waals surface area contributed by atoms with E-state index in [-0.39, 0.29) is 5.91 Å². The number of hydrogen-bond donors (Lipinski definition) is 1. The van der Waals surface area contributed by atoms with Crippen LogP contribution in [-0.4, -0.2) is 24.0 Å². The minimum absolute atomic E-state index is 0.237. The normalized spacial score (nSPS) is 10.6. The minimum atomic E-state index is -0.501. The second-order valence-electron chi connectivity index (χ2n) is 6.03. The van der Waals surface area contributed by atoms with Crippen LogP contribution in [0.15, 0.2) is 77.2 Å². The molecule has 1 N–H and O–H groups in total. The van der Waals surface area contributed by atoms with E-state index in [1.54, 1.807) is 54.6 Å². The predicted molar refractivity (Wildman–Crippen MR) is 105 cm³/mol. The van der Waals surface area contributed by atoms with E-state index in [9.17, 15) is 9.59 Å². The number of fused-ring (bicyclic) bond motifs is 1. The lowest BCUT2D eigenvalue weighted by Gasteiger charge is -2.08. The molecular weight excluding hydrogens is 356 g/mol. The van der Waals surface area contributed by atoms with Gasteiger partial charge in [-0.3, -0.25) is 4.79 Å². The monoisotopic (exact) mass is 372 g/mol. The van der Waals surface area contributed by atoms with Crippen LogP contribution in [0.25, 0.3) is 22.6 Å². The molecule has 1 aromatic heterocycles. The maximum atomic E-state index is 12.5. The van der Waals surface area contributed by atoms with Crippen molar-refractivity contribution in [1.82, 2.24) is 4.98 Å². The van der Waals surface area contributed by atoms with Gasteiger partial charge in [0.1, 0.15) is 11.1 Å². The van der Waals surface area contributed by atoms with Crippen molar-refractivity contribution in [3.63, 3.8) is 0 Å². The van der Waals surface area contributed by atoms with E-state index in [0.29, 0.717) is 39.4 Å². The Morgan fingerprint density at radius 1 is 0.929 bits per heavy atom. The van der Waals surface area contributed by atoms with Crippen LogP contribution in [0.2, 0.25) is 0 Å². The zero-order chi connectivity index (χ0) is 19.5. The number of anilines is 1. The molecule has 6 heteroatoms.